The number of hydrogen-bond donors (Lipinski definition) is 1. The molecule has 0 saturated carbocycles. The van der Waals surface area contributed by atoms with Crippen molar-refractivity contribution in [1.82, 2.24) is 10.2 Å². The molecule has 0 radical (unpaired) electrons. The molecule has 3 rings (SSSR count). The number of carbonyl (C=O) groups excluding carboxylic acids is 1. The number of piperidine rings is 1. The molecule has 0 spiro atoms. The minimum Gasteiger partial charge on any atom is -0.465 e. The first kappa shape index (κ1) is 14.5. The molecular weight excluding hydrogens is 264 g/mol. The van der Waals surface area contributed by atoms with Gasteiger partial charge in [-0.05, 0) is 50.4 Å². The molecule has 114 valence electrons. The summed E-state index contributed by atoms with van der Waals surface area (Å²) >= 11 is 0. The number of methoxy groups -OCH3 is 1. The molecule has 0 aliphatic carbocycles. The van der Waals surface area contributed by atoms with Crippen LogP contribution in [0.4, 0.5) is 0 Å². The van der Waals surface area contributed by atoms with E-state index in [1.54, 1.807) is 6.07 Å². The molecular formula is C17H24N2O2. The van der Waals surface area contributed by atoms with Gasteiger partial charge in [0.05, 0.1) is 12.7 Å². The molecule has 1 aromatic rings. The molecule has 2 aliphatic rings. The predicted molar refractivity (Wildman–Crippen MR) is 82.2 cm³/mol. The number of fused-ring (bicyclic) bond motifs is 2. The van der Waals surface area contributed by atoms with Crippen LogP contribution < -0.4 is 5.32 Å². The summed E-state index contributed by atoms with van der Waals surface area (Å²) < 4.78 is 4.79. The van der Waals surface area contributed by atoms with Crippen LogP contribution in [0.2, 0.25) is 0 Å². The maximum Gasteiger partial charge on any atom is 0.337 e. The Morgan fingerprint density at radius 1 is 1.33 bits per heavy atom. The summed E-state index contributed by atoms with van der Waals surface area (Å²) in [6.45, 7) is 0.884. The van der Waals surface area contributed by atoms with E-state index in [9.17, 15) is 4.79 Å². The fourth-order valence-corrected chi connectivity index (χ4v) is 3.72. The molecule has 1 aromatic carbocycles. The third kappa shape index (κ3) is 3.27. The first-order valence-electron chi connectivity index (χ1n) is 7.79. The van der Waals surface area contributed by atoms with Crippen LogP contribution in [0.25, 0.3) is 0 Å². The number of hydrogen-bond acceptors (Lipinski definition) is 4. The van der Waals surface area contributed by atoms with Gasteiger partial charge in [0.2, 0.25) is 0 Å². The number of esters is 1. The van der Waals surface area contributed by atoms with Gasteiger partial charge in [0, 0.05) is 24.7 Å². The maximum absolute atomic E-state index is 11.6. The van der Waals surface area contributed by atoms with Crippen LogP contribution in [0.3, 0.4) is 0 Å². The van der Waals surface area contributed by atoms with E-state index in [-0.39, 0.29) is 5.97 Å². The third-order valence-corrected chi connectivity index (χ3v) is 4.85. The van der Waals surface area contributed by atoms with Gasteiger partial charge in [-0.3, -0.25) is 4.90 Å². The van der Waals surface area contributed by atoms with Crippen molar-refractivity contribution >= 4 is 5.97 Å². The van der Waals surface area contributed by atoms with Gasteiger partial charge >= 0.3 is 5.97 Å². The number of benzene rings is 1. The highest BCUT2D eigenvalue weighted by atomic mass is 16.5. The summed E-state index contributed by atoms with van der Waals surface area (Å²) in [7, 11) is 3.62. The Hall–Kier alpha value is -1.39. The normalized spacial score (nSPS) is 27.9. The second-order valence-electron chi connectivity index (χ2n) is 6.37. The number of ether oxygens (including phenoxy) is 1. The first-order valence-corrected chi connectivity index (χ1v) is 7.79. The second kappa shape index (κ2) is 6.16. The molecule has 2 fully saturated rings. The van der Waals surface area contributed by atoms with Crippen molar-refractivity contribution < 1.29 is 9.53 Å². The summed E-state index contributed by atoms with van der Waals surface area (Å²) in [6.07, 6.45) is 5.13. The van der Waals surface area contributed by atoms with E-state index in [4.69, 9.17) is 4.74 Å². The van der Waals surface area contributed by atoms with Gasteiger partial charge in [-0.2, -0.15) is 0 Å². The monoisotopic (exact) mass is 288 g/mol. The van der Waals surface area contributed by atoms with Gasteiger partial charge in [-0.1, -0.05) is 12.1 Å². The maximum atomic E-state index is 11.6. The smallest absolute Gasteiger partial charge is 0.337 e. The summed E-state index contributed by atoms with van der Waals surface area (Å²) in [4.78, 5) is 14.0. The number of nitrogens with zero attached hydrogens (tertiary/aromatic N) is 1. The summed E-state index contributed by atoms with van der Waals surface area (Å²) in [5, 5.41) is 3.68. The van der Waals surface area contributed by atoms with Crippen LogP contribution in [0.5, 0.6) is 0 Å². The Labute approximate surface area is 126 Å². The van der Waals surface area contributed by atoms with Crippen molar-refractivity contribution in [3.05, 3.63) is 35.4 Å². The molecule has 2 aliphatic heterocycles. The van der Waals surface area contributed by atoms with Gasteiger partial charge in [0.1, 0.15) is 0 Å². The average molecular weight is 288 g/mol. The van der Waals surface area contributed by atoms with E-state index >= 15 is 0 Å². The SMILES string of the molecule is COC(=O)c1cccc(CN(C)C2CC3CCC(C2)N3)c1. The van der Waals surface area contributed by atoms with Gasteiger partial charge in [-0.25, -0.2) is 4.79 Å². The van der Waals surface area contributed by atoms with E-state index in [2.05, 4.69) is 23.3 Å². The zero-order chi connectivity index (χ0) is 14.8. The van der Waals surface area contributed by atoms with Crippen LogP contribution in [0.15, 0.2) is 24.3 Å². The van der Waals surface area contributed by atoms with E-state index in [0.717, 1.165) is 6.54 Å². The zero-order valence-corrected chi connectivity index (χ0v) is 12.8. The second-order valence-corrected chi connectivity index (χ2v) is 6.37. The van der Waals surface area contributed by atoms with E-state index in [1.165, 1.54) is 38.4 Å². The molecule has 1 N–H and O–H groups in total. The molecule has 2 bridgehead atoms. The highest BCUT2D eigenvalue weighted by Gasteiger charge is 2.34. The minimum absolute atomic E-state index is 0.264. The Balaban J connectivity index is 1.64. The lowest BCUT2D eigenvalue weighted by Gasteiger charge is -2.35. The largest absolute Gasteiger partial charge is 0.465 e. The van der Waals surface area contributed by atoms with Crippen LogP contribution in [0, 0.1) is 0 Å². The molecule has 2 atom stereocenters. The van der Waals surface area contributed by atoms with Crippen LogP contribution in [0.1, 0.15) is 41.6 Å². The van der Waals surface area contributed by atoms with Gasteiger partial charge in [0.15, 0.2) is 0 Å². The summed E-state index contributed by atoms with van der Waals surface area (Å²) in [5.74, 6) is -0.264. The standard InChI is InChI=1S/C17H24N2O2/c1-19(16-9-14-6-7-15(10-16)18-14)11-12-4-3-5-13(8-12)17(20)21-2/h3-5,8,14-16,18H,6-7,9-11H2,1-2H3. The van der Waals surface area contributed by atoms with E-state index in [1.807, 2.05) is 12.1 Å². The summed E-state index contributed by atoms with van der Waals surface area (Å²) in [6, 6.07) is 9.82. The Morgan fingerprint density at radius 3 is 2.71 bits per heavy atom. The van der Waals surface area contributed by atoms with Crippen molar-refractivity contribution in [3.63, 3.8) is 0 Å². The van der Waals surface area contributed by atoms with E-state index < -0.39 is 0 Å². The first-order chi connectivity index (χ1) is 10.2. The van der Waals surface area contributed by atoms with Crippen LogP contribution in [-0.4, -0.2) is 43.2 Å². The average Bonchev–Trinajstić information content (AvgIpc) is 2.85. The fourth-order valence-electron chi connectivity index (χ4n) is 3.72. The fraction of sp³-hybridized carbons (Fsp3) is 0.588. The number of rotatable bonds is 4. The van der Waals surface area contributed by atoms with Crippen LogP contribution in [-0.2, 0) is 11.3 Å². The van der Waals surface area contributed by atoms with Gasteiger partial charge in [-0.15, -0.1) is 0 Å². The van der Waals surface area contributed by atoms with E-state index in [0.29, 0.717) is 23.7 Å². The zero-order valence-electron chi connectivity index (χ0n) is 12.8. The number of carbonyl (C=O) groups is 1. The quantitative estimate of drug-likeness (QED) is 0.862. The van der Waals surface area contributed by atoms with Crippen molar-refractivity contribution in [2.75, 3.05) is 14.2 Å². The molecule has 0 amide bonds. The molecule has 4 heteroatoms. The predicted octanol–water partition coefficient (Wildman–Crippen LogP) is 2.19. The van der Waals surface area contributed by atoms with Crippen molar-refractivity contribution in [2.45, 2.75) is 50.4 Å². The lowest BCUT2D eigenvalue weighted by Crippen LogP contribution is -2.46. The molecule has 0 aromatic heterocycles. The molecule has 2 unspecified atom stereocenters. The third-order valence-electron chi connectivity index (χ3n) is 4.85. The Kier molecular flexibility index (Phi) is 4.27. The Morgan fingerprint density at radius 2 is 2.05 bits per heavy atom. The molecule has 2 heterocycles. The topological polar surface area (TPSA) is 41.6 Å². The highest BCUT2D eigenvalue weighted by molar-refractivity contribution is 5.89. The van der Waals surface area contributed by atoms with Gasteiger partial charge < -0.3 is 10.1 Å². The summed E-state index contributed by atoms with van der Waals surface area (Å²) in [5.41, 5.74) is 1.81. The lowest BCUT2D eigenvalue weighted by atomic mass is 9.98. The van der Waals surface area contributed by atoms with Crippen molar-refractivity contribution in [3.8, 4) is 0 Å². The molecule has 2 saturated heterocycles. The van der Waals surface area contributed by atoms with Crippen molar-refractivity contribution in [2.24, 2.45) is 0 Å². The minimum atomic E-state index is -0.264. The molecule has 4 nitrogen and oxygen atoms in total. The highest BCUT2D eigenvalue weighted by Crippen LogP contribution is 2.29. The van der Waals surface area contributed by atoms with Gasteiger partial charge in [0.25, 0.3) is 0 Å². The molecule has 21 heavy (non-hydrogen) atoms. The number of nitrogens with one attached hydrogen (secondary N) is 1. The lowest BCUT2D eigenvalue weighted by molar-refractivity contribution is 0.0600. The van der Waals surface area contributed by atoms with Crippen molar-refractivity contribution in [1.29, 1.82) is 0 Å². The Bertz CT molecular complexity index is 505. The van der Waals surface area contributed by atoms with Crippen LogP contribution >= 0.6 is 0 Å².